The van der Waals surface area contributed by atoms with Gasteiger partial charge in [0.1, 0.15) is 5.82 Å². The predicted octanol–water partition coefficient (Wildman–Crippen LogP) is 3.18. The number of aromatic nitrogens is 1. The second-order valence-electron chi connectivity index (χ2n) is 8.03. The molecular weight excluding hydrogens is 403 g/mol. The molecule has 0 unspecified atom stereocenters. The molecule has 5 rings (SSSR count). The number of sulfonamides is 1. The van der Waals surface area contributed by atoms with E-state index in [0.29, 0.717) is 13.1 Å². The average Bonchev–Trinajstić information content (AvgIpc) is 3.30. The number of fused-ring (bicyclic) bond motifs is 2. The maximum absolute atomic E-state index is 13.5. The number of aliphatic imine (C=N–C) groups is 1. The third kappa shape index (κ3) is 3.66. The summed E-state index contributed by atoms with van der Waals surface area (Å²) in [7, 11) is -3.11. The quantitative estimate of drug-likeness (QED) is 0.697. The highest BCUT2D eigenvalue weighted by Crippen LogP contribution is 2.35. The van der Waals surface area contributed by atoms with E-state index in [4.69, 9.17) is 4.99 Å². The Morgan fingerprint density at radius 1 is 1.10 bits per heavy atom. The number of nitrogens with zero attached hydrogens (tertiary/aromatic N) is 3. The van der Waals surface area contributed by atoms with Gasteiger partial charge in [-0.3, -0.25) is 9.89 Å². The van der Waals surface area contributed by atoms with Gasteiger partial charge in [-0.1, -0.05) is 12.1 Å². The van der Waals surface area contributed by atoms with Crippen molar-refractivity contribution in [2.45, 2.75) is 6.42 Å². The molecule has 2 aliphatic rings. The molecule has 3 aromatic rings. The Kier molecular flexibility index (Phi) is 4.72. The second kappa shape index (κ2) is 7.30. The minimum Gasteiger partial charge on any atom is -0.360 e. The highest BCUT2D eigenvalue weighted by Gasteiger charge is 2.25. The molecule has 0 spiro atoms. The molecule has 30 heavy (non-hydrogen) atoms. The fourth-order valence-electron chi connectivity index (χ4n) is 4.32. The summed E-state index contributed by atoms with van der Waals surface area (Å²) >= 11 is 0. The van der Waals surface area contributed by atoms with Crippen LogP contribution in [0.3, 0.4) is 0 Å². The molecule has 2 aliphatic heterocycles. The fourth-order valence-corrected chi connectivity index (χ4v) is 5.15. The molecule has 156 valence electrons. The number of piperazine rings is 1. The van der Waals surface area contributed by atoms with Gasteiger partial charge in [0.15, 0.2) is 0 Å². The summed E-state index contributed by atoms with van der Waals surface area (Å²) in [5.74, 6) is -0.253. The highest BCUT2D eigenvalue weighted by molar-refractivity contribution is 7.88. The molecule has 8 heteroatoms. The third-order valence-corrected chi connectivity index (χ3v) is 7.22. The monoisotopic (exact) mass is 426 g/mol. The maximum atomic E-state index is 13.5. The molecule has 6 nitrogen and oxygen atoms in total. The van der Waals surface area contributed by atoms with Crippen LogP contribution < -0.4 is 0 Å². The van der Waals surface area contributed by atoms with Gasteiger partial charge < -0.3 is 4.98 Å². The molecule has 3 heterocycles. The normalized spacial score (nSPS) is 18.0. The SMILES string of the molecule is CS(=O)(=O)N1CCN(CC2=Nc3cc(-c4c[nH]c5cc(F)ccc45)ccc3C2)CC1. The lowest BCUT2D eigenvalue weighted by Gasteiger charge is -2.33. The number of hydrogen-bond donors (Lipinski definition) is 1. The minimum atomic E-state index is -3.11. The van der Waals surface area contributed by atoms with Gasteiger partial charge in [-0.2, -0.15) is 4.31 Å². The molecule has 0 aliphatic carbocycles. The van der Waals surface area contributed by atoms with Crippen molar-refractivity contribution in [1.82, 2.24) is 14.2 Å². The van der Waals surface area contributed by atoms with E-state index in [1.54, 1.807) is 6.07 Å². The Morgan fingerprint density at radius 3 is 2.67 bits per heavy atom. The van der Waals surface area contributed by atoms with Crippen molar-refractivity contribution in [3.05, 3.63) is 54.0 Å². The summed E-state index contributed by atoms with van der Waals surface area (Å²) in [5, 5.41) is 0.988. The molecule has 0 saturated carbocycles. The Balaban J connectivity index is 1.33. The Labute approximate surface area is 175 Å². The van der Waals surface area contributed by atoms with Crippen molar-refractivity contribution in [1.29, 1.82) is 0 Å². The lowest BCUT2D eigenvalue weighted by Crippen LogP contribution is -2.49. The number of hydrogen-bond acceptors (Lipinski definition) is 4. The number of benzene rings is 2. The smallest absolute Gasteiger partial charge is 0.211 e. The first-order valence-electron chi connectivity index (χ1n) is 10.0. The van der Waals surface area contributed by atoms with Gasteiger partial charge in [0.2, 0.25) is 10.0 Å². The van der Waals surface area contributed by atoms with Crippen LogP contribution in [-0.2, 0) is 16.4 Å². The van der Waals surface area contributed by atoms with E-state index in [2.05, 4.69) is 28.1 Å². The Bertz CT molecular complexity index is 1260. The Morgan fingerprint density at radius 2 is 1.90 bits per heavy atom. The van der Waals surface area contributed by atoms with E-state index in [-0.39, 0.29) is 5.82 Å². The zero-order valence-corrected chi connectivity index (χ0v) is 17.5. The van der Waals surface area contributed by atoms with Gasteiger partial charge in [-0.05, 0) is 35.4 Å². The van der Waals surface area contributed by atoms with Gasteiger partial charge in [0.05, 0.1) is 11.9 Å². The number of aromatic amines is 1. The van der Waals surface area contributed by atoms with E-state index >= 15 is 0 Å². The molecule has 1 aromatic heterocycles. The van der Waals surface area contributed by atoms with E-state index in [9.17, 15) is 12.8 Å². The van der Waals surface area contributed by atoms with Crippen LogP contribution in [0, 0.1) is 5.82 Å². The zero-order chi connectivity index (χ0) is 20.9. The molecule has 2 aromatic carbocycles. The number of H-pyrrole nitrogens is 1. The van der Waals surface area contributed by atoms with Crippen LogP contribution in [0.2, 0.25) is 0 Å². The van der Waals surface area contributed by atoms with Crippen LogP contribution in [-0.4, -0.2) is 67.3 Å². The number of nitrogens with one attached hydrogen (secondary N) is 1. The van der Waals surface area contributed by atoms with Crippen molar-refractivity contribution >= 4 is 32.3 Å². The van der Waals surface area contributed by atoms with Crippen molar-refractivity contribution in [2.24, 2.45) is 4.99 Å². The molecule has 1 saturated heterocycles. The van der Waals surface area contributed by atoms with Gasteiger partial charge >= 0.3 is 0 Å². The standard InChI is InChI=1S/C22H23FN4O2S/c1-30(28,29)27-8-6-26(7-9-27)14-18-10-16-3-2-15(11-21(16)25-18)20-13-24-22-12-17(23)4-5-19(20)22/h2-5,11-13,24H,6-10,14H2,1H3. The van der Waals surface area contributed by atoms with Gasteiger partial charge in [-0.15, -0.1) is 0 Å². The van der Waals surface area contributed by atoms with Crippen LogP contribution in [0.4, 0.5) is 10.1 Å². The molecule has 1 fully saturated rings. The van der Waals surface area contributed by atoms with Crippen molar-refractivity contribution in [3.8, 4) is 11.1 Å². The highest BCUT2D eigenvalue weighted by atomic mass is 32.2. The van der Waals surface area contributed by atoms with Gasteiger partial charge in [-0.25, -0.2) is 12.8 Å². The third-order valence-electron chi connectivity index (χ3n) is 5.92. The lowest BCUT2D eigenvalue weighted by atomic mass is 10.0. The minimum absolute atomic E-state index is 0.253. The first-order chi connectivity index (χ1) is 14.4. The summed E-state index contributed by atoms with van der Waals surface area (Å²) in [6, 6.07) is 11.1. The number of halogens is 1. The lowest BCUT2D eigenvalue weighted by molar-refractivity contribution is 0.209. The molecule has 0 atom stereocenters. The predicted molar refractivity (Wildman–Crippen MR) is 117 cm³/mol. The molecule has 0 radical (unpaired) electrons. The largest absolute Gasteiger partial charge is 0.360 e. The maximum Gasteiger partial charge on any atom is 0.211 e. The summed E-state index contributed by atoms with van der Waals surface area (Å²) in [5.41, 5.74) is 6.16. The van der Waals surface area contributed by atoms with Gasteiger partial charge in [0, 0.05) is 67.5 Å². The van der Waals surface area contributed by atoms with Crippen LogP contribution >= 0.6 is 0 Å². The van der Waals surface area contributed by atoms with Crippen LogP contribution in [0.15, 0.2) is 47.6 Å². The van der Waals surface area contributed by atoms with E-state index in [0.717, 1.165) is 59.5 Å². The molecule has 0 amide bonds. The van der Waals surface area contributed by atoms with E-state index in [1.807, 2.05) is 6.20 Å². The topological polar surface area (TPSA) is 68.8 Å². The summed E-state index contributed by atoms with van der Waals surface area (Å²) < 4.78 is 38.4. The van der Waals surface area contributed by atoms with Crippen molar-refractivity contribution < 1.29 is 12.8 Å². The zero-order valence-electron chi connectivity index (χ0n) is 16.7. The summed E-state index contributed by atoms with van der Waals surface area (Å²) in [4.78, 5) is 10.3. The van der Waals surface area contributed by atoms with Crippen molar-refractivity contribution in [3.63, 3.8) is 0 Å². The summed E-state index contributed by atoms with van der Waals surface area (Å²) in [6.45, 7) is 3.27. The van der Waals surface area contributed by atoms with Crippen LogP contribution in [0.25, 0.3) is 22.0 Å². The van der Waals surface area contributed by atoms with Crippen molar-refractivity contribution in [2.75, 3.05) is 39.0 Å². The molecule has 0 bridgehead atoms. The molecule has 1 N–H and O–H groups in total. The first-order valence-corrected chi connectivity index (χ1v) is 11.9. The Hall–Kier alpha value is -2.55. The second-order valence-corrected chi connectivity index (χ2v) is 10.0. The fraction of sp³-hybridized carbons (Fsp3) is 0.318. The van der Waals surface area contributed by atoms with Crippen LogP contribution in [0.5, 0.6) is 0 Å². The van der Waals surface area contributed by atoms with E-state index in [1.165, 1.54) is 28.3 Å². The number of rotatable bonds is 4. The first kappa shape index (κ1) is 19.4. The van der Waals surface area contributed by atoms with E-state index < -0.39 is 10.0 Å². The van der Waals surface area contributed by atoms with Crippen LogP contribution in [0.1, 0.15) is 5.56 Å². The van der Waals surface area contributed by atoms with Gasteiger partial charge in [0.25, 0.3) is 0 Å². The average molecular weight is 427 g/mol. The summed E-state index contributed by atoms with van der Waals surface area (Å²) in [6.07, 6.45) is 4.00. The molecular formula is C22H23FN4O2S.